The highest BCUT2D eigenvalue weighted by atomic mass is 16.4. The van der Waals surface area contributed by atoms with Crippen molar-refractivity contribution in [2.45, 2.75) is 19.8 Å². The van der Waals surface area contributed by atoms with Crippen molar-refractivity contribution < 1.29 is 9.90 Å². The molecule has 0 aromatic carbocycles. The summed E-state index contributed by atoms with van der Waals surface area (Å²) in [5.74, 6) is 0.277. The molecule has 1 aromatic rings. The lowest BCUT2D eigenvalue weighted by atomic mass is 10.2. The van der Waals surface area contributed by atoms with E-state index in [0.717, 1.165) is 12.5 Å². The lowest BCUT2D eigenvalue weighted by molar-refractivity contribution is 0.0695. The molecule has 80 valence electrons. The summed E-state index contributed by atoms with van der Waals surface area (Å²) in [6, 6.07) is 0. The average Bonchev–Trinajstić information content (AvgIpc) is 2.97. The summed E-state index contributed by atoms with van der Waals surface area (Å²) in [5, 5.41) is 11.9. The van der Waals surface area contributed by atoms with Crippen LogP contribution in [0.15, 0.2) is 6.20 Å². The fraction of sp³-hybridized carbons (Fsp3) is 0.500. The number of anilines is 1. The standard InChI is InChI=1S/C10H13N3O2/c1-6-8(9(14)15)5-12-10(13-6)11-4-7-2-3-7/h5,7H,2-4H2,1H3,(H,14,15)(H,11,12,13). The maximum Gasteiger partial charge on any atom is 0.339 e. The van der Waals surface area contributed by atoms with Crippen LogP contribution in [0.2, 0.25) is 0 Å². The number of aryl methyl sites for hydroxylation is 1. The van der Waals surface area contributed by atoms with Crippen LogP contribution in [0, 0.1) is 12.8 Å². The molecular formula is C10H13N3O2. The summed E-state index contributed by atoms with van der Waals surface area (Å²) in [6.45, 7) is 2.55. The minimum atomic E-state index is -0.985. The molecule has 1 saturated carbocycles. The van der Waals surface area contributed by atoms with E-state index in [2.05, 4.69) is 15.3 Å². The van der Waals surface area contributed by atoms with Gasteiger partial charge in [-0.3, -0.25) is 0 Å². The Morgan fingerprint density at radius 1 is 1.67 bits per heavy atom. The lowest BCUT2D eigenvalue weighted by Gasteiger charge is -2.05. The zero-order valence-corrected chi connectivity index (χ0v) is 8.53. The van der Waals surface area contributed by atoms with E-state index in [9.17, 15) is 4.79 Å². The Balaban J connectivity index is 2.06. The molecule has 15 heavy (non-hydrogen) atoms. The average molecular weight is 207 g/mol. The molecule has 1 aliphatic carbocycles. The normalized spacial score (nSPS) is 15.0. The summed E-state index contributed by atoms with van der Waals surface area (Å²) < 4.78 is 0. The van der Waals surface area contributed by atoms with Crippen LogP contribution in [0.3, 0.4) is 0 Å². The molecule has 0 unspecified atom stereocenters. The number of rotatable bonds is 4. The van der Waals surface area contributed by atoms with Crippen LogP contribution in [-0.4, -0.2) is 27.6 Å². The minimum absolute atomic E-state index is 0.159. The minimum Gasteiger partial charge on any atom is -0.478 e. The predicted octanol–water partition coefficient (Wildman–Crippen LogP) is 1.31. The number of hydrogen-bond donors (Lipinski definition) is 2. The number of aromatic carboxylic acids is 1. The van der Waals surface area contributed by atoms with Gasteiger partial charge < -0.3 is 10.4 Å². The summed E-state index contributed by atoms with van der Waals surface area (Å²) >= 11 is 0. The molecule has 0 aliphatic heterocycles. The van der Waals surface area contributed by atoms with Gasteiger partial charge in [-0.1, -0.05) is 0 Å². The molecular weight excluding hydrogens is 194 g/mol. The highest BCUT2D eigenvalue weighted by molar-refractivity contribution is 5.88. The van der Waals surface area contributed by atoms with Crippen molar-refractivity contribution in [1.82, 2.24) is 9.97 Å². The molecule has 1 aliphatic rings. The number of carboxylic acid groups (broad SMARTS) is 1. The van der Waals surface area contributed by atoms with E-state index in [1.54, 1.807) is 6.92 Å². The quantitative estimate of drug-likeness (QED) is 0.778. The molecule has 0 amide bonds. The van der Waals surface area contributed by atoms with Crippen molar-refractivity contribution in [3.8, 4) is 0 Å². The molecule has 0 atom stereocenters. The molecule has 1 heterocycles. The second-order valence-electron chi connectivity index (χ2n) is 3.82. The van der Waals surface area contributed by atoms with Gasteiger partial charge in [-0.15, -0.1) is 0 Å². The molecule has 2 rings (SSSR count). The predicted molar refractivity (Wildman–Crippen MR) is 54.9 cm³/mol. The van der Waals surface area contributed by atoms with E-state index in [1.807, 2.05) is 0 Å². The van der Waals surface area contributed by atoms with Crippen LogP contribution in [-0.2, 0) is 0 Å². The van der Waals surface area contributed by atoms with Crippen LogP contribution < -0.4 is 5.32 Å². The first kappa shape index (κ1) is 9.89. The van der Waals surface area contributed by atoms with E-state index in [-0.39, 0.29) is 5.56 Å². The molecule has 0 bridgehead atoms. The molecule has 2 N–H and O–H groups in total. The van der Waals surface area contributed by atoms with Gasteiger partial charge in [0.1, 0.15) is 0 Å². The van der Waals surface area contributed by atoms with Gasteiger partial charge in [0, 0.05) is 12.7 Å². The van der Waals surface area contributed by atoms with Crippen molar-refractivity contribution >= 4 is 11.9 Å². The maximum absolute atomic E-state index is 10.7. The maximum atomic E-state index is 10.7. The van der Waals surface area contributed by atoms with Crippen LogP contribution in [0.25, 0.3) is 0 Å². The summed E-state index contributed by atoms with van der Waals surface area (Å²) in [4.78, 5) is 18.8. The number of nitrogens with one attached hydrogen (secondary N) is 1. The molecule has 0 radical (unpaired) electrons. The van der Waals surface area contributed by atoms with Crippen LogP contribution in [0.4, 0.5) is 5.95 Å². The van der Waals surface area contributed by atoms with Gasteiger partial charge in [-0.05, 0) is 25.7 Å². The van der Waals surface area contributed by atoms with Crippen molar-refractivity contribution in [1.29, 1.82) is 0 Å². The highest BCUT2D eigenvalue weighted by Gasteiger charge is 2.21. The second-order valence-corrected chi connectivity index (χ2v) is 3.82. The number of aromatic nitrogens is 2. The van der Waals surface area contributed by atoms with Gasteiger partial charge in [-0.25, -0.2) is 14.8 Å². The SMILES string of the molecule is Cc1nc(NCC2CC2)ncc1C(=O)O. The van der Waals surface area contributed by atoms with Gasteiger partial charge in [0.2, 0.25) is 5.95 Å². The van der Waals surface area contributed by atoms with Crippen molar-refractivity contribution in [2.75, 3.05) is 11.9 Å². The summed E-state index contributed by atoms with van der Waals surface area (Å²) in [7, 11) is 0. The Hall–Kier alpha value is -1.65. The highest BCUT2D eigenvalue weighted by Crippen LogP contribution is 2.28. The van der Waals surface area contributed by atoms with Crippen LogP contribution in [0.5, 0.6) is 0 Å². The van der Waals surface area contributed by atoms with Gasteiger partial charge in [-0.2, -0.15) is 0 Å². The largest absolute Gasteiger partial charge is 0.478 e. The first-order valence-corrected chi connectivity index (χ1v) is 4.97. The third-order valence-corrected chi connectivity index (χ3v) is 2.46. The van der Waals surface area contributed by atoms with Gasteiger partial charge in [0.05, 0.1) is 11.3 Å². The monoisotopic (exact) mass is 207 g/mol. The van der Waals surface area contributed by atoms with Gasteiger partial charge in [0.15, 0.2) is 0 Å². The van der Waals surface area contributed by atoms with Gasteiger partial charge >= 0.3 is 5.97 Å². The third-order valence-electron chi connectivity index (χ3n) is 2.46. The first-order chi connectivity index (χ1) is 7.16. The van der Waals surface area contributed by atoms with E-state index in [1.165, 1.54) is 19.0 Å². The van der Waals surface area contributed by atoms with E-state index >= 15 is 0 Å². The van der Waals surface area contributed by atoms with E-state index < -0.39 is 5.97 Å². The summed E-state index contributed by atoms with van der Waals surface area (Å²) in [5.41, 5.74) is 0.655. The molecule has 0 spiro atoms. The molecule has 0 saturated heterocycles. The Morgan fingerprint density at radius 3 is 2.93 bits per heavy atom. The topological polar surface area (TPSA) is 75.1 Å². The molecule has 5 nitrogen and oxygen atoms in total. The fourth-order valence-corrected chi connectivity index (χ4v) is 1.32. The Labute approximate surface area is 87.6 Å². The number of carbonyl (C=O) groups is 1. The first-order valence-electron chi connectivity index (χ1n) is 4.97. The van der Waals surface area contributed by atoms with Crippen molar-refractivity contribution in [3.05, 3.63) is 17.5 Å². The number of hydrogen-bond acceptors (Lipinski definition) is 4. The van der Waals surface area contributed by atoms with Crippen molar-refractivity contribution in [3.63, 3.8) is 0 Å². The Morgan fingerprint density at radius 2 is 2.40 bits per heavy atom. The van der Waals surface area contributed by atoms with E-state index in [0.29, 0.717) is 11.6 Å². The van der Waals surface area contributed by atoms with Crippen LogP contribution in [0.1, 0.15) is 28.9 Å². The van der Waals surface area contributed by atoms with Gasteiger partial charge in [0.25, 0.3) is 0 Å². The van der Waals surface area contributed by atoms with E-state index in [4.69, 9.17) is 5.11 Å². The number of nitrogens with zero attached hydrogens (tertiary/aromatic N) is 2. The van der Waals surface area contributed by atoms with Crippen molar-refractivity contribution in [2.24, 2.45) is 5.92 Å². The Bertz CT molecular complexity index is 388. The zero-order valence-electron chi connectivity index (χ0n) is 8.53. The molecule has 1 aromatic heterocycles. The summed E-state index contributed by atoms with van der Waals surface area (Å²) in [6.07, 6.45) is 3.87. The van der Waals surface area contributed by atoms with Crippen LogP contribution >= 0.6 is 0 Å². The smallest absolute Gasteiger partial charge is 0.339 e. The molecule has 5 heteroatoms. The zero-order chi connectivity index (χ0) is 10.8. The third kappa shape index (κ3) is 2.43. The molecule has 1 fully saturated rings. The Kier molecular flexibility index (Phi) is 2.53. The lowest BCUT2D eigenvalue weighted by Crippen LogP contribution is -2.10. The fourth-order valence-electron chi connectivity index (χ4n) is 1.32. The second kappa shape index (κ2) is 3.84. The number of carboxylic acids is 1.